The minimum Gasteiger partial charge on any atom is -0.495 e. The van der Waals surface area contributed by atoms with Gasteiger partial charge in [-0.3, -0.25) is 9.59 Å². The summed E-state index contributed by atoms with van der Waals surface area (Å²) in [5.41, 5.74) is 3.86. The Bertz CT molecular complexity index is 1480. The lowest BCUT2D eigenvalue weighted by molar-refractivity contribution is 0.0900. The van der Waals surface area contributed by atoms with Crippen LogP contribution in [0.2, 0.25) is 0 Å². The van der Waals surface area contributed by atoms with Crippen LogP contribution in [0.4, 0.5) is 15.8 Å². The van der Waals surface area contributed by atoms with E-state index in [0.29, 0.717) is 54.9 Å². The number of hydrogen-bond donors (Lipinski definition) is 2. The topological polar surface area (TPSA) is 105 Å². The predicted molar refractivity (Wildman–Crippen MR) is 154 cm³/mol. The van der Waals surface area contributed by atoms with E-state index in [0.717, 1.165) is 23.1 Å². The van der Waals surface area contributed by atoms with Crippen molar-refractivity contribution in [2.75, 3.05) is 36.7 Å². The maximum Gasteiger partial charge on any atom is 0.256 e. The van der Waals surface area contributed by atoms with Crippen LogP contribution in [-0.2, 0) is 23.0 Å². The number of sulfonamides is 1. The molecule has 1 amide bonds. The van der Waals surface area contributed by atoms with Crippen molar-refractivity contribution in [2.24, 2.45) is 5.92 Å². The van der Waals surface area contributed by atoms with Crippen LogP contribution >= 0.6 is 0 Å². The highest BCUT2D eigenvalue weighted by molar-refractivity contribution is 7.88. The van der Waals surface area contributed by atoms with Crippen molar-refractivity contribution in [1.29, 1.82) is 0 Å². The predicted octanol–water partition coefficient (Wildman–Crippen LogP) is 4.80. The number of halogens is 1. The van der Waals surface area contributed by atoms with Crippen molar-refractivity contribution in [3.63, 3.8) is 0 Å². The molecule has 0 spiro atoms. The molecule has 1 saturated heterocycles. The summed E-state index contributed by atoms with van der Waals surface area (Å²) in [5.74, 6) is -0.369. The third-order valence-electron chi connectivity index (χ3n) is 7.16. The van der Waals surface area contributed by atoms with E-state index in [4.69, 9.17) is 4.74 Å². The zero-order valence-electron chi connectivity index (χ0n) is 22.9. The van der Waals surface area contributed by atoms with Crippen molar-refractivity contribution in [2.45, 2.75) is 32.7 Å². The van der Waals surface area contributed by atoms with Gasteiger partial charge in [0.05, 0.1) is 19.1 Å². The summed E-state index contributed by atoms with van der Waals surface area (Å²) in [6, 6.07) is 16.2. The molecule has 10 heteroatoms. The van der Waals surface area contributed by atoms with Crippen LogP contribution in [0, 0.1) is 11.7 Å². The molecule has 3 aromatic rings. The normalized spacial score (nSPS) is 14.2. The lowest BCUT2D eigenvalue weighted by Crippen LogP contribution is -2.38. The fourth-order valence-electron chi connectivity index (χ4n) is 5.15. The van der Waals surface area contributed by atoms with Crippen LogP contribution in [0.15, 0.2) is 60.7 Å². The summed E-state index contributed by atoms with van der Waals surface area (Å²) in [5, 5.41) is 2.94. The third kappa shape index (κ3) is 6.86. The summed E-state index contributed by atoms with van der Waals surface area (Å²) in [7, 11) is -1.91. The summed E-state index contributed by atoms with van der Waals surface area (Å²) in [4.78, 5) is 28.7. The Morgan fingerprint density at radius 1 is 1.02 bits per heavy atom. The van der Waals surface area contributed by atoms with Gasteiger partial charge in [-0.1, -0.05) is 25.1 Å². The second kappa shape index (κ2) is 12.6. The van der Waals surface area contributed by atoms with Crippen molar-refractivity contribution >= 4 is 33.1 Å². The van der Waals surface area contributed by atoms with E-state index in [9.17, 15) is 22.4 Å². The van der Waals surface area contributed by atoms with Crippen LogP contribution in [0.1, 0.15) is 51.6 Å². The highest BCUT2D eigenvalue weighted by Gasteiger charge is 2.29. The summed E-state index contributed by atoms with van der Waals surface area (Å²) in [6.45, 7) is 3.13. The number of carbonyl (C=O) groups excluding carboxylic acids is 2. The number of piperidine rings is 1. The van der Waals surface area contributed by atoms with Crippen molar-refractivity contribution in [1.82, 2.24) is 4.72 Å². The number of benzene rings is 3. The molecular weight excluding hydrogens is 533 g/mol. The highest BCUT2D eigenvalue weighted by Crippen LogP contribution is 2.34. The Hall–Kier alpha value is -3.76. The number of nitrogens with one attached hydrogen (secondary N) is 2. The number of ketones is 1. The number of para-hydroxylation sites is 2. The molecule has 8 nitrogen and oxygen atoms in total. The molecule has 1 fully saturated rings. The number of Topliss-reactive ketones (excluding diaryl/α,β-unsaturated/α-hetero) is 1. The smallest absolute Gasteiger partial charge is 0.256 e. The molecule has 1 aliphatic rings. The maximum atomic E-state index is 13.5. The van der Waals surface area contributed by atoms with Gasteiger partial charge in [-0.25, -0.2) is 17.5 Å². The zero-order valence-corrected chi connectivity index (χ0v) is 23.7. The Labute approximate surface area is 234 Å². The molecule has 0 unspecified atom stereocenters. The SMILES string of the molecule is CCc1c(C(=O)Nc2ccccc2OC)ccc(CNS(C)(=O)=O)c1N1CCC(C(=O)c2ccc(F)cc2)CC1. The van der Waals surface area contributed by atoms with E-state index in [2.05, 4.69) is 14.9 Å². The van der Waals surface area contributed by atoms with Gasteiger partial charge in [0.15, 0.2) is 5.78 Å². The number of methoxy groups -OCH3 is 1. The second-order valence-corrected chi connectivity index (χ2v) is 11.7. The Morgan fingerprint density at radius 2 is 1.70 bits per heavy atom. The van der Waals surface area contributed by atoms with Crippen molar-refractivity contribution < 1.29 is 27.1 Å². The van der Waals surface area contributed by atoms with Gasteiger partial charge in [-0.05, 0) is 72.9 Å². The molecule has 0 radical (unpaired) electrons. The molecule has 1 aliphatic heterocycles. The molecular formula is C30H34FN3O5S. The number of nitrogens with zero attached hydrogens (tertiary/aromatic N) is 1. The Morgan fingerprint density at radius 3 is 2.33 bits per heavy atom. The first-order valence-corrected chi connectivity index (χ1v) is 15.1. The standard InChI is InChI=1S/C30H34FN3O5S/c1-4-24-25(30(36)33-26-7-5-6-8-27(26)39-2)14-11-22(19-32-40(3,37)38)28(24)34-17-15-21(16-18-34)29(35)20-9-12-23(31)13-10-20/h5-14,21,32H,4,15-19H2,1-3H3,(H,33,36). The average molecular weight is 568 g/mol. The molecule has 2 N–H and O–H groups in total. The number of amides is 1. The van der Waals surface area contributed by atoms with Crippen molar-refractivity contribution in [3.05, 3.63) is 88.7 Å². The van der Waals surface area contributed by atoms with Gasteiger partial charge >= 0.3 is 0 Å². The Balaban J connectivity index is 1.63. The van der Waals surface area contributed by atoms with Crippen LogP contribution in [0.5, 0.6) is 5.75 Å². The molecule has 1 heterocycles. The molecule has 0 atom stereocenters. The fourth-order valence-corrected chi connectivity index (χ4v) is 5.57. The summed E-state index contributed by atoms with van der Waals surface area (Å²) < 4.78 is 45.1. The summed E-state index contributed by atoms with van der Waals surface area (Å²) >= 11 is 0. The van der Waals surface area contributed by atoms with E-state index < -0.39 is 10.0 Å². The largest absolute Gasteiger partial charge is 0.495 e. The van der Waals surface area contributed by atoms with Crippen LogP contribution in [-0.4, -0.2) is 46.6 Å². The van der Waals surface area contributed by atoms with E-state index in [1.54, 1.807) is 24.3 Å². The van der Waals surface area contributed by atoms with Gasteiger partial charge in [0, 0.05) is 42.4 Å². The van der Waals surface area contributed by atoms with E-state index in [1.165, 1.54) is 31.4 Å². The lowest BCUT2D eigenvalue weighted by atomic mass is 9.87. The first-order valence-electron chi connectivity index (χ1n) is 13.2. The number of carbonyl (C=O) groups is 2. The molecule has 0 bridgehead atoms. The van der Waals surface area contributed by atoms with E-state index in [1.807, 2.05) is 19.1 Å². The molecule has 0 aromatic heterocycles. The maximum absolute atomic E-state index is 13.5. The molecule has 0 aliphatic carbocycles. The van der Waals surface area contributed by atoms with Gasteiger partial charge in [0.1, 0.15) is 11.6 Å². The van der Waals surface area contributed by atoms with Gasteiger partial charge in [-0.2, -0.15) is 0 Å². The lowest BCUT2D eigenvalue weighted by Gasteiger charge is -2.36. The fraction of sp³-hybridized carbons (Fsp3) is 0.333. The van der Waals surface area contributed by atoms with Crippen LogP contribution in [0.3, 0.4) is 0 Å². The first-order chi connectivity index (χ1) is 19.1. The minimum atomic E-state index is -3.45. The molecule has 0 saturated carbocycles. The van der Waals surface area contributed by atoms with E-state index >= 15 is 0 Å². The highest BCUT2D eigenvalue weighted by atomic mass is 32.2. The molecule has 4 rings (SSSR count). The molecule has 40 heavy (non-hydrogen) atoms. The van der Waals surface area contributed by atoms with Gasteiger partial charge < -0.3 is 15.0 Å². The summed E-state index contributed by atoms with van der Waals surface area (Å²) in [6.07, 6.45) is 2.80. The first kappa shape index (κ1) is 29.2. The minimum absolute atomic E-state index is 0.0146. The number of hydrogen-bond acceptors (Lipinski definition) is 6. The Kier molecular flexibility index (Phi) is 9.21. The second-order valence-electron chi connectivity index (χ2n) is 9.83. The third-order valence-corrected chi connectivity index (χ3v) is 7.82. The number of rotatable bonds is 10. The molecule has 212 valence electrons. The van der Waals surface area contributed by atoms with Gasteiger partial charge in [0.25, 0.3) is 5.91 Å². The number of ether oxygens (including phenoxy) is 1. The monoisotopic (exact) mass is 567 g/mol. The quantitative estimate of drug-likeness (QED) is 0.341. The zero-order chi connectivity index (χ0) is 28.9. The van der Waals surface area contributed by atoms with Gasteiger partial charge in [0.2, 0.25) is 10.0 Å². The average Bonchev–Trinajstić information content (AvgIpc) is 2.95. The van der Waals surface area contributed by atoms with Crippen molar-refractivity contribution in [3.8, 4) is 5.75 Å². The van der Waals surface area contributed by atoms with Gasteiger partial charge in [-0.15, -0.1) is 0 Å². The van der Waals surface area contributed by atoms with Crippen LogP contribution in [0.25, 0.3) is 0 Å². The van der Waals surface area contributed by atoms with Crippen LogP contribution < -0.4 is 19.7 Å². The number of anilines is 2. The van der Waals surface area contributed by atoms with E-state index in [-0.39, 0.29) is 30.0 Å². The molecule has 3 aromatic carbocycles.